The van der Waals surface area contributed by atoms with Crippen molar-refractivity contribution in [1.29, 1.82) is 0 Å². The van der Waals surface area contributed by atoms with Gasteiger partial charge in [-0.15, -0.1) is 11.3 Å². The SMILES string of the molecule is CN(Cc1nc2ccccc2s1)C(=O)c1ccc(-n2cncn2)cc1. The van der Waals surface area contributed by atoms with E-state index in [0.717, 1.165) is 20.9 Å². The largest absolute Gasteiger partial charge is 0.335 e. The van der Waals surface area contributed by atoms with E-state index in [2.05, 4.69) is 15.1 Å². The molecule has 1 amide bonds. The van der Waals surface area contributed by atoms with Crippen LogP contribution in [0.3, 0.4) is 0 Å². The third kappa shape index (κ3) is 3.14. The van der Waals surface area contributed by atoms with Gasteiger partial charge in [-0.3, -0.25) is 4.79 Å². The topological polar surface area (TPSA) is 63.9 Å². The summed E-state index contributed by atoms with van der Waals surface area (Å²) in [7, 11) is 1.79. The van der Waals surface area contributed by atoms with Crippen molar-refractivity contribution in [3.8, 4) is 5.69 Å². The molecule has 0 bridgehead atoms. The normalized spacial score (nSPS) is 10.9. The van der Waals surface area contributed by atoms with E-state index >= 15 is 0 Å². The van der Waals surface area contributed by atoms with E-state index in [9.17, 15) is 4.79 Å². The van der Waals surface area contributed by atoms with Gasteiger partial charge in [0, 0.05) is 12.6 Å². The first-order chi connectivity index (χ1) is 12.2. The second kappa shape index (κ2) is 6.45. The molecule has 0 unspecified atom stereocenters. The monoisotopic (exact) mass is 349 g/mol. The van der Waals surface area contributed by atoms with E-state index in [1.54, 1.807) is 46.4 Å². The summed E-state index contributed by atoms with van der Waals surface area (Å²) < 4.78 is 2.79. The number of carbonyl (C=O) groups excluding carboxylic acids is 1. The lowest BCUT2D eigenvalue weighted by molar-refractivity contribution is 0.0785. The van der Waals surface area contributed by atoms with E-state index < -0.39 is 0 Å². The van der Waals surface area contributed by atoms with Crippen molar-refractivity contribution >= 4 is 27.5 Å². The van der Waals surface area contributed by atoms with Crippen molar-refractivity contribution in [3.63, 3.8) is 0 Å². The number of fused-ring (bicyclic) bond motifs is 1. The number of hydrogen-bond donors (Lipinski definition) is 0. The summed E-state index contributed by atoms with van der Waals surface area (Å²) >= 11 is 1.62. The molecule has 2 aromatic carbocycles. The minimum absolute atomic E-state index is 0.0376. The highest BCUT2D eigenvalue weighted by molar-refractivity contribution is 7.18. The molecule has 0 aliphatic carbocycles. The van der Waals surface area contributed by atoms with Crippen LogP contribution in [0.5, 0.6) is 0 Å². The number of aromatic nitrogens is 4. The van der Waals surface area contributed by atoms with Crippen LogP contribution in [0.25, 0.3) is 15.9 Å². The Hall–Kier alpha value is -3.06. The number of thiazole rings is 1. The van der Waals surface area contributed by atoms with Crippen molar-refractivity contribution in [2.45, 2.75) is 6.54 Å². The molecule has 0 spiro atoms. The van der Waals surface area contributed by atoms with Crippen molar-refractivity contribution < 1.29 is 4.79 Å². The smallest absolute Gasteiger partial charge is 0.253 e. The molecule has 0 aliphatic rings. The van der Waals surface area contributed by atoms with Gasteiger partial charge in [-0.2, -0.15) is 5.10 Å². The van der Waals surface area contributed by atoms with E-state index in [0.29, 0.717) is 12.1 Å². The molecule has 0 saturated heterocycles. The quantitative estimate of drug-likeness (QED) is 0.568. The van der Waals surface area contributed by atoms with Gasteiger partial charge >= 0.3 is 0 Å². The first-order valence-electron chi connectivity index (χ1n) is 7.76. The van der Waals surface area contributed by atoms with Crippen LogP contribution in [0.15, 0.2) is 61.2 Å². The van der Waals surface area contributed by atoms with E-state index in [-0.39, 0.29) is 5.91 Å². The first-order valence-corrected chi connectivity index (χ1v) is 8.57. The highest BCUT2D eigenvalue weighted by Crippen LogP contribution is 2.22. The fourth-order valence-electron chi connectivity index (χ4n) is 2.58. The Labute approximate surface area is 148 Å². The fraction of sp³-hybridized carbons (Fsp3) is 0.111. The highest BCUT2D eigenvalue weighted by atomic mass is 32.1. The van der Waals surface area contributed by atoms with Gasteiger partial charge in [0.1, 0.15) is 17.7 Å². The second-order valence-electron chi connectivity index (χ2n) is 5.62. The van der Waals surface area contributed by atoms with Crippen LogP contribution in [-0.2, 0) is 6.54 Å². The van der Waals surface area contributed by atoms with Crippen LogP contribution in [0, 0.1) is 0 Å². The summed E-state index contributed by atoms with van der Waals surface area (Å²) in [6.07, 6.45) is 3.10. The zero-order valence-corrected chi connectivity index (χ0v) is 14.3. The second-order valence-corrected chi connectivity index (χ2v) is 6.74. The molecule has 4 aromatic rings. The molecule has 0 atom stereocenters. The molecule has 0 saturated carbocycles. The van der Waals surface area contributed by atoms with Gasteiger partial charge in [0.2, 0.25) is 0 Å². The predicted molar refractivity (Wildman–Crippen MR) is 96.8 cm³/mol. The van der Waals surface area contributed by atoms with E-state index in [4.69, 9.17) is 0 Å². The number of benzene rings is 2. The van der Waals surface area contributed by atoms with E-state index in [1.807, 2.05) is 36.4 Å². The molecule has 6 nitrogen and oxygen atoms in total. The molecular formula is C18H15N5OS. The summed E-state index contributed by atoms with van der Waals surface area (Å²) in [6.45, 7) is 0.489. The maximum Gasteiger partial charge on any atom is 0.253 e. The van der Waals surface area contributed by atoms with Crippen LogP contribution in [0.1, 0.15) is 15.4 Å². The molecule has 0 fully saturated rings. The first kappa shape index (κ1) is 15.5. The standard InChI is InChI=1S/C18H15N5OS/c1-22(10-17-21-15-4-2-3-5-16(15)25-17)18(24)13-6-8-14(9-7-13)23-12-19-11-20-23/h2-9,11-12H,10H2,1H3. The molecule has 124 valence electrons. The maximum atomic E-state index is 12.6. The number of amides is 1. The summed E-state index contributed by atoms with van der Waals surface area (Å²) in [5.41, 5.74) is 2.47. The van der Waals surface area contributed by atoms with Crippen LogP contribution < -0.4 is 0 Å². The fourth-order valence-corrected chi connectivity index (χ4v) is 3.60. The summed E-state index contributed by atoms with van der Waals surface area (Å²) in [5.74, 6) is -0.0376. The minimum Gasteiger partial charge on any atom is -0.335 e. The molecule has 25 heavy (non-hydrogen) atoms. The Balaban J connectivity index is 1.49. The average molecular weight is 349 g/mol. The lowest BCUT2D eigenvalue weighted by atomic mass is 10.2. The van der Waals surface area contributed by atoms with Gasteiger partial charge in [0.05, 0.1) is 22.4 Å². The lowest BCUT2D eigenvalue weighted by Crippen LogP contribution is -2.26. The Morgan fingerprint density at radius 3 is 2.68 bits per heavy atom. The number of rotatable bonds is 4. The number of para-hydroxylation sites is 1. The van der Waals surface area contributed by atoms with Gasteiger partial charge in [0.15, 0.2) is 0 Å². The van der Waals surface area contributed by atoms with Crippen molar-refractivity contribution in [1.82, 2.24) is 24.6 Å². The molecule has 4 rings (SSSR count). The van der Waals surface area contributed by atoms with Gasteiger partial charge in [0.25, 0.3) is 5.91 Å². The molecule has 7 heteroatoms. The predicted octanol–water partition coefficient (Wildman–Crippen LogP) is 3.15. The Bertz CT molecular complexity index is 975. The van der Waals surface area contributed by atoms with Crippen molar-refractivity contribution in [3.05, 3.63) is 71.8 Å². The van der Waals surface area contributed by atoms with Gasteiger partial charge < -0.3 is 4.90 Å². The zero-order chi connectivity index (χ0) is 17.2. The molecule has 0 radical (unpaired) electrons. The molecular weight excluding hydrogens is 334 g/mol. The third-order valence-electron chi connectivity index (χ3n) is 3.85. The van der Waals surface area contributed by atoms with Crippen molar-refractivity contribution in [2.24, 2.45) is 0 Å². The van der Waals surface area contributed by atoms with Crippen LogP contribution in [0.4, 0.5) is 0 Å². The number of carbonyl (C=O) groups is 1. The molecule has 0 aliphatic heterocycles. The number of hydrogen-bond acceptors (Lipinski definition) is 5. The van der Waals surface area contributed by atoms with Crippen LogP contribution >= 0.6 is 11.3 Å². The summed E-state index contributed by atoms with van der Waals surface area (Å²) in [6, 6.07) is 15.3. The minimum atomic E-state index is -0.0376. The molecule has 2 aromatic heterocycles. The zero-order valence-electron chi connectivity index (χ0n) is 13.5. The Morgan fingerprint density at radius 1 is 1.16 bits per heavy atom. The average Bonchev–Trinajstić information content (AvgIpc) is 3.30. The lowest BCUT2D eigenvalue weighted by Gasteiger charge is -2.15. The highest BCUT2D eigenvalue weighted by Gasteiger charge is 2.14. The van der Waals surface area contributed by atoms with E-state index in [1.165, 1.54) is 6.33 Å². The van der Waals surface area contributed by atoms with Gasteiger partial charge in [-0.1, -0.05) is 12.1 Å². The Morgan fingerprint density at radius 2 is 1.96 bits per heavy atom. The van der Waals surface area contributed by atoms with Crippen molar-refractivity contribution in [2.75, 3.05) is 7.05 Å². The van der Waals surface area contributed by atoms with Gasteiger partial charge in [-0.05, 0) is 36.4 Å². The van der Waals surface area contributed by atoms with Crippen LogP contribution in [0.2, 0.25) is 0 Å². The third-order valence-corrected chi connectivity index (χ3v) is 4.88. The Kier molecular flexibility index (Phi) is 3.99. The van der Waals surface area contributed by atoms with Crippen LogP contribution in [-0.4, -0.2) is 37.6 Å². The van der Waals surface area contributed by atoms with Gasteiger partial charge in [-0.25, -0.2) is 14.6 Å². The summed E-state index contributed by atoms with van der Waals surface area (Å²) in [4.78, 5) is 22.8. The summed E-state index contributed by atoms with van der Waals surface area (Å²) in [5, 5.41) is 5.00. The molecule has 2 heterocycles. The molecule has 0 N–H and O–H groups in total. The number of nitrogens with zero attached hydrogens (tertiary/aromatic N) is 5. The maximum absolute atomic E-state index is 12.6.